The second-order valence-corrected chi connectivity index (χ2v) is 7.27. The van der Waals surface area contributed by atoms with E-state index in [4.69, 9.17) is 0 Å². The van der Waals surface area contributed by atoms with Gasteiger partial charge in [0.2, 0.25) is 0 Å². The molecule has 2 heterocycles. The van der Waals surface area contributed by atoms with Crippen LogP contribution in [0.1, 0.15) is 24.1 Å². The van der Waals surface area contributed by atoms with Crippen molar-refractivity contribution in [1.29, 1.82) is 0 Å². The van der Waals surface area contributed by atoms with Crippen molar-refractivity contribution >= 4 is 33.0 Å². The molecule has 3 rings (SSSR count). The third-order valence-corrected chi connectivity index (χ3v) is 4.89. The first-order chi connectivity index (χ1) is 9.20. The first kappa shape index (κ1) is 12.9. The highest BCUT2D eigenvalue weighted by Crippen LogP contribution is 2.23. The maximum atomic E-state index is 12.0. The van der Waals surface area contributed by atoms with Gasteiger partial charge in [-0.05, 0) is 47.3 Å². The molecule has 0 amide bonds. The van der Waals surface area contributed by atoms with Gasteiger partial charge in [-0.2, -0.15) is 5.10 Å². The van der Waals surface area contributed by atoms with Crippen molar-refractivity contribution in [1.82, 2.24) is 9.78 Å². The van der Waals surface area contributed by atoms with E-state index in [0.29, 0.717) is 12.6 Å². The van der Waals surface area contributed by atoms with E-state index in [1.807, 2.05) is 12.1 Å². The smallest absolute Gasteiger partial charge is 0.269 e. The van der Waals surface area contributed by atoms with Crippen LogP contribution >= 0.6 is 27.3 Å². The fraction of sp³-hybridized carbons (Fsp3) is 0.385. The van der Waals surface area contributed by atoms with Crippen LogP contribution < -0.4 is 10.9 Å². The largest absolute Gasteiger partial charge is 0.381 e. The number of rotatable bonds is 4. The molecule has 1 aliphatic carbocycles. The van der Waals surface area contributed by atoms with Crippen molar-refractivity contribution in [2.45, 2.75) is 31.8 Å². The molecule has 1 N–H and O–H groups in total. The second-order valence-electron chi connectivity index (χ2n) is 4.72. The fourth-order valence-corrected chi connectivity index (χ4v) is 3.47. The van der Waals surface area contributed by atoms with Gasteiger partial charge in [-0.25, -0.2) is 4.68 Å². The molecular weight excluding hydrogens is 326 g/mol. The quantitative estimate of drug-likeness (QED) is 0.930. The Morgan fingerprint density at radius 3 is 2.89 bits per heavy atom. The Morgan fingerprint density at radius 2 is 2.32 bits per heavy atom. The molecule has 1 fully saturated rings. The normalized spacial score (nSPS) is 15.2. The Hall–Kier alpha value is -1.14. The molecule has 2 aromatic heterocycles. The van der Waals surface area contributed by atoms with Crippen molar-refractivity contribution in [3.63, 3.8) is 0 Å². The van der Waals surface area contributed by atoms with Crippen LogP contribution in [-0.4, -0.2) is 15.8 Å². The zero-order valence-electron chi connectivity index (χ0n) is 10.3. The standard InChI is InChI=1S/C13H14BrN3OS/c14-12-5-4-11(19-12)8-17-13(18)6-10(7-15-17)16-9-2-1-3-9/h4-7,9,16H,1-3,8H2. The van der Waals surface area contributed by atoms with Gasteiger partial charge in [-0.15, -0.1) is 11.3 Å². The summed E-state index contributed by atoms with van der Waals surface area (Å²) in [5, 5.41) is 7.56. The molecule has 0 bridgehead atoms. The fourth-order valence-electron chi connectivity index (χ4n) is 2.00. The predicted octanol–water partition coefficient (Wildman–Crippen LogP) is 3.08. The first-order valence-corrected chi connectivity index (χ1v) is 7.89. The number of aromatic nitrogens is 2. The van der Waals surface area contributed by atoms with Crippen LogP contribution in [0.5, 0.6) is 0 Å². The van der Waals surface area contributed by atoms with E-state index in [0.717, 1.165) is 14.4 Å². The van der Waals surface area contributed by atoms with E-state index in [1.54, 1.807) is 23.6 Å². The number of thiophene rings is 1. The van der Waals surface area contributed by atoms with Crippen molar-refractivity contribution < 1.29 is 0 Å². The van der Waals surface area contributed by atoms with Gasteiger partial charge in [-0.3, -0.25) is 4.79 Å². The van der Waals surface area contributed by atoms with E-state index in [2.05, 4.69) is 26.3 Å². The molecule has 4 nitrogen and oxygen atoms in total. The molecule has 0 unspecified atom stereocenters. The molecule has 19 heavy (non-hydrogen) atoms. The highest BCUT2D eigenvalue weighted by molar-refractivity contribution is 9.11. The highest BCUT2D eigenvalue weighted by Gasteiger charge is 2.17. The van der Waals surface area contributed by atoms with Gasteiger partial charge in [0.1, 0.15) is 0 Å². The minimum Gasteiger partial charge on any atom is -0.381 e. The number of hydrogen-bond acceptors (Lipinski definition) is 4. The lowest BCUT2D eigenvalue weighted by Gasteiger charge is -2.27. The van der Waals surface area contributed by atoms with Crippen molar-refractivity contribution in [3.05, 3.63) is 43.4 Å². The number of nitrogens with zero attached hydrogens (tertiary/aromatic N) is 2. The summed E-state index contributed by atoms with van der Waals surface area (Å²) in [5.74, 6) is 0. The highest BCUT2D eigenvalue weighted by atomic mass is 79.9. The summed E-state index contributed by atoms with van der Waals surface area (Å²) in [7, 11) is 0. The minimum atomic E-state index is -0.0613. The van der Waals surface area contributed by atoms with Gasteiger partial charge in [0.15, 0.2) is 0 Å². The predicted molar refractivity (Wildman–Crippen MR) is 80.9 cm³/mol. The molecular formula is C13H14BrN3OS. The van der Waals surface area contributed by atoms with Crippen LogP contribution in [0.4, 0.5) is 5.69 Å². The molecule has 1 saturated carbocycles. The van der Waals surface area contributed by atoms with Crippen molar-refractivity contribution in [2.75, 3.05) is 5.32 Å². The van der Waals surface area contributed by atoms with E-state index in [-0.39, 0.29) is 5.56 Å². The minimum absolute atomic E-state index is 0.0613. The summed E-state index contributed by atoms with van der Waals surface area (Å²) in [6.07, 6.45) is 5.39. The average molecular weight is 340 g/mol. The summed E-state index contributed by atoms with van der Waals surface area (Å²) in [5.41, 5.74) is 0.771. The molecule has 2 aromatic rings. The summed E-state index contributed by atoms with van der Waals surface area (Å²) < 4.78 is 2.56. The topological polar surface area (TPSA) is 46.9 Å². The SMILES string of the molecule is O=c1cc(NC2CCC2)cnn1Cc1ccc(Br)s1. The van der Waals surface area contributed by atoms with Gasteiger partial charge in [0.05, 0.1) is 22.2 Å². The molecule has 0 spiro atoms. The number of hydrogen-bond donors (Lipinski definition) is 1. The Labute approximate surface area is 123 Å². The van der Waals surface area contributed by atoms with Gasteiger partial charge in [0.25, 0.3) is 5.56 Å². The Balaban J connectivity index is 1.73. The van der Waals surface area contributed by atoms with Crippen LogP contribution in [0.3, 0.4) is 0 Å². The summed E-state index contributed by atoms with van der Waals surface area (Å²) in [4.78, 5) is 13.1. The molecule has 0 aliphatic heterocycles. The number of anilines is 1. The van der Waals surface area contributed by atoms with E-state index >= 15 is 0 Å². The van der Waals surface area contributed by atoms with Gasteiger partial charge in [0, 0.05) is 17.0 Å². The lowest BCUT2D eigenvalue weighted by molar-refractivity contribution is 0.445. The van der Waals surface area contributed by atoms with Crippen LogP contribution in [0.25, 0.3) is 0 Å². The zero-order chi connectivity index (χ0) is 13.2. The molecule has 6 heteroatoms. The zero-order valence-corrected chi connectivity index (χ0v) is 12.7. The number of halogens is 1. The summed E-state index contributed by atoms with van der Waals surface area (Å²) in [6, 6.07) is 6.14. The van der Waals surface area contributed by atoms with Crippen LogP contribution in [0, 0.1) is 0 Å². The van der Waals surface area contributed by atoms with Gasteiger partial charge in [-0.1, -0.05) is 0 Å². The molecule has 0 saturated heterocycles. The lowest BCUT2D eigenvalue weighted by Crippen LogP contribution is -2.29. The third-order valence-electron chi connectivity index (χ3n) is 3.28. The van der Waals surface area contributed by atoms with E-state index in [9.17, 15) is 4.79 Å². The Bertz CT molecular complexity index is 633. The second kappa shape index (κ2) is 5.46. The third kappa shape index (κ3) is 3.06. The molecule has 0 aromatic carbocycles. The van der Waals surface area contributed by atoms with Crippen molar-refractivity contribution in [2.24, 2.45) is 0 Å². The first-order valence-electron chi connectivity index (χ1n) is 6.28. The maximum Gasteiger partial charge on any atom is 0.269 e. The summed E-state index contributed by atoms with van der Waals surface area (Å²) >= 11 is 5.04. The van der Waals surface area contributed by atoms with Crippen LogP contribution in [0.15, 0.2) is 33.0 Å². The average Bonchev–Trinajstić information content (AvgIpc) is 2.73. The van der Waals surface area contributed by atoms with Gasteiger partial charge >= 0.3 is 0 Å². The number of nitrogens with one attached hydrogen (secondary N) is 1. The monoisotopic (exact) mass is 339 g/mol. The Morgan fingerprint density at radius 1 is 1.47 bits per heavy atom. The Kier molecular flexibility index (Phi) is 3.70. The van der Waals surface area contributed by atoms with E-state index in [1.165, 1.54) is 23.9 Å². The van der Waals surface area contributed by atoms with Crippen LogP contribution in [-0.2, 0) is 6.54 Å². The van der Waals surface area contributed by atoms with Crippen molar-refractivity contribution in [3.8, 4) is 0 Å². The van der Waals surface area contributed by atoms with E-state index < -0.39 is 0 Å². The molecule has 1 aliphatic rings. The summed E-state index contributed by atoms with van der Waals surface area (Å²) in [6.45, 7) is 0.527. The van der Waals surface area contributed by atoms with Gasteiger partial charge < -0.3 is 5.32 Å². The molecule has 100 valence electrons. The lowest BCUT2D eigenvalue weighted by atomic mass is 9.93. The molecule has 0 radical (unpaired) electrons. The molecule has 0 atom stereocenters. The maximum absolute atomic E-state index is 12.0. The van der Waals surface area contributed by atoms with Crippen LogP contribution in [0.2, 0.25) is 0 Å².